The predicted molar refractivity (Wildman–Crippen MR) is 130 cm³/mol. The Morgan fingerprint density at radius 3 is 2.44 bits per heavy atom. The van der Waals surface area contributed by atoms with Crippen LogP contribution in [-0.2, 0) is 0 Å². The Balaban J connectivity index is 0.00000289. The molecule has 1 saturated heterocycles. The molecule has 1 aliphatic heterocycles. The molecule has 1 aromatic heterocycles. The quantitative estimate of drug-likeness (QED) is 0.427. The molecule has 2 aromatic carbocycles. The maximum Gasteiger partial charge on any atom is 0.315 e. The molecule has 0 saturated carbocycles. The van der Waals surface area contributed by atoms with Crippen LogP contribution in [0, 0.1) is 0 Å². The Morgan fingerprint density at radius 2 is 1.72 bits per heavy atom. The van der Waals surface area contributed by atoms with Crippen LogP contribution in [0.1, 0.15) is 36.0 Å². The highest BCUT2D eigenvalue weighted by Crippen LogP contribution is 2.22. The van der Waals surface area contributed by atoms with Gasteiger partial charge in [-0.3, -0.25) is 4.79 Å². The van der Waals surface area contributed by atoms with Gasteiger partial charge in [0.1, 0.15) is 0 Å². The summed E-state index contributed by atoms with van der Waals surface area (Å²) in [4.78, 5) is 14.8. The van der Waals surface area contributed by atoms with Crippen molar-refractivity contribution in [1.82, 2.24) is 15.1 Å². The summed E-state index contributed by atoms with van der Waals surface area (Å²) < 4.78 is 5.72. The van der Waals surface area contributed by atoms with Crippen LogP contribution in [0.3, 0.4) is 0 Å². The van der Waals surface area contributed by atoms with Crippen molar-refractivity contribution in [3.05, 3.63) is 59.1 Å². The van der Waals surface area contributed by atoms with Crippen molar-refractivity contribution < 1.29 is 9.21 Å². The molecule has 0 bridgehead atoms. The molecule has 9 heteroatoms. The van der Waals surface area contributed by atoms with Gasteiger partial charge in [0.05, 0.1) is 0 Å². The number of benzene rings is 2. The second-order valence-corrected chi connectivity index (χ2v) is 8.07. The van der Waals surface area contributed by atoms with Gasteiger partial charge >= 0.3 is 6.01 Å². The van der Waals surface area contributed by atoms with E-state index >= 15 is 0 Å². The fourth-order valence-electron chi connectivity index (χ4n) is 3.59. The zero-order valence-electron chi connectivity index (χ0n) is 17.7. The molecule has 32 heavy (non-hydrogen) atoms. The first-order valence-electron chi connectivity index (χ1n) is 10.6. The predicted octanol–water partition coefficient (Wildman–Crippen LogP) is 5.35. The fourth-order valence-corrected chi connectivity index (χ4v) is 3.72. The number of carbonyl (C=O) groups excluding carboxylic acids is 1. The lowest BCUT2D eigenvalue weighted by Crippen LogP contribution is -2.31. The Morgan fingerprint density at radius 1 is 1.00 bits per heavy atom. The average molecular weight is 476 g/mol. The molecule has 170 valence electrons. The van der Waals surface area contributed by atoms with Crippen LogP contribution >= 0.6 is 24.0 Å². The molecule has 0 atom stereocenters. The van der Waals surface area contributed by atoms with Crippen LogP contribution in [0.5, 0.6) is 0 Å². The number of piperidine rings is 1. The minimum Gasteiger partial charge on any atom is -0.403 e. The Labute approximate surface area is 199 Å². The Kier molecular flexibility index (Phi) is 8.90. The number of aromatic nitrogens is 2. The van der Waals surface area contributed by atoms with Crippen molar-refractivity contribution in [2.45, 2.75) is 25.7 Å². The summed E-state index contributed by atoms with van der Waals surface area (Å²) >= 11 is 5.86. The SMILES string of the molecule is Cl.O=C(Nc1ccc(-c2nnc(NCCCN3CCCCC3)o2)cc1)c1ccc(Cl)cc1. The van der Waals surface area contributed by atoms with Crippen molar-refractivity contribution in [2.75, 3.05) is 36.8 Å². The third-order valence-corrected chi connectivity index (χ3v) is 5.55. The zero-order valence-corrected chi connectivity index (χ0v) is 19.3. The van der Waals surface area contributed by atoms with Crippen LogP contribution in [0.25, 0.3) is 11.5 Å². The highest BCUT2D eigenvalue weighted by molar-refractivity contribution is 6.30. The summed E-state index contributed by atoms with van der Waals surface area (Å²) in [5.74, 6) is 0.243. The molecule has 0 radical (unpaired) electrons. The molecule has 0 spiro atoms. The van der Waals surface area contributed by atoms with E-state index in [2.05, 4.69) is 25.7 Å². The molecular formula is C23H27Cl2N5O2. The van der Waals surface area contributed by atoms with Gasteiger partial charge in [-0.25, -0.2) is 0 Å². The molecule has 1 fully saturated rings. The van der Waals surface area contributed by atoms with Gasteiger partial charge in [0.2, 0.25) is 5.89 Å². The maximum absolute atomic E-state index is 12.3. The second-order valence-electron chi connectivity index (χ2n) is 7.63. The molecule has 0 aliphatic carbocycles. The van der Waals surface area contributed by atoms with E-state index < -0.39 is 0 Å². The van der Waals surface area contributed by atoms with E-state index in [1.54, 1.807) is 36.4 Å². The maximum atomic E-state index is 12.3. The van der Waals surface area contributed by atoms with Crippen LogP contribution in [-0.4, -0.2) is 47.2 Å². The topological polar surface area (TPSA) is 83.3 Å². The number of hydrogen-bond acceptors (Lipinski definition) is 6. The summed E-state index contributed by atoms with van der Waals surface area (Å²) in [5, 5.41) is 14.8. The van der Waals surface area contributed by atoms with Crippen LogP contribution in [0.15, 0.2) is 52.9 Å². The van der Waals surface area contributed by atoms with E-state index in [1.165, 1.54) is 32.4 Å². The monoisotopic (exact) mass is 475 g/mol. The van der Waals surface area contributed by atoms with E-state index in [0.29, 0.717) is 28.2 Å². The van der Waals surface area contributed by atoms with Gasteiger partial charge in [0, 0.05) is 28.4 Å². The van der Waals surface area contributed by atoms with Crippen molar-refractivity contribution in [1.29, 1.82) is 0 Å². The van der Waals surface area contributed by atoms with Crippen molar-refractivity contribution in [2.24, 2.45) is 0 Å². The van der Waals surface area contributed by atoms with Crippen LogP contribution < -0.4 is 10.6 Å². The molecule has 1 aliphatic rings. The molecule has 2 heterocycles. The van der Waals surface area contributed by atoms with Gasteiger partial charge < -0.3 is 20.0 Å². The number of nitrogens with one attached hydrogen (secondary N) is 2. The van der Waals surface area contributed by atoms with E-state index in [4.69, 9.17) is 16.0 Å². The number of amides is 1. The molecule has 3 aromatic rings. The van der Waals surface area contributed by atoms with Crippen molar-refractivity contribution in [3.63, 3.8) is 0 Å². The normalized spacial score (nSPS) is 13.9. The first-order valence-corrected chi connectivity index (χ1v) is 11.0. The first kappa shape index (κ1) is 24.0. The average Bonchev–Trinajstić information content (AvgIpc) is 3.27. The summed E-state index contributed by atoms with van der Waals surface area (Å²) in [6.45, 7) is 4.31. The van der Waals surface area contributed by atoms with Crippen LogP contribution in [0.4, 0.5) is 11.7 Å². The molecule has 4 rings (SSSR count). The third-order valence-electron chi connectivity index (χ3n) is 5.30. The minimum absolute atomic E-state index is 0. The summed E-state index contributed by atoms with van der Waals surface area (Å²) in [6.07, 6.45) is 5.02. The molecular weight excluding hydrogens is 449 g/mol. The number of carbonyl (C=O) groups is 1. The fraction of sp³-hybridized carbons (Fsp3) is 0.348. The second kappa shape index (κ2) is 11.9. The summed E-state index contributed by atoms with van der Waals surface area (Å²) in [5.41, 5.74) is 2.01. The summed E-state index contributed by atoms with van der Waals surface area (Å²) in [6, 6.07) is 14.5. The largest absolute Gasteiger partial charge is 0.403 e. The molecule has 7 nitrogen and oxygen atoms in total. The van der Waals surface area contributed by atoms with Gasteiger partial charge in [-0.15, -0.1) is 17.5 Å². The lowest BCUT2D eigenvalue weighted by Gasteiger charge is -2.26. The highest BCUT2D eigenvalue weighted by atomic mass is 35.5. The number of hydrogen-bond donors (Lipinski definition) is 2. The highest BCUT2D eigenvalue weighted by Gasteiger charge is 2.11. The molecule has 2 N–H and O–H groups in total. The van der Waals surface area contributed by atoms with E-state index in [1.807, 2.05) is 12.1 Å². The smallest absolute Gasteiger partial charge is 0.315 e. The van der Waals surface area contributed by atoms with Crippen molar-refractivity contribution >= 4 is 41.6 Å². The lowest BCUT2D eigenvalue weighted by atomic mass is 10.1. The van der Waals surface area contributed by atoms with E-state index in [9.17, 15) is 4.79 Å². The third kappa shape index (κ3) is 6.69. The lowest BCUT2D eigenvalue weighted by molar-refractivity contribution is 0.102. The molecule has 1 amide bonds. The Hall–Kier alpha value is -2.61. The van der Waals surface area contributed by atoms with Gasteiger partial charge in [-0.1, -0.05) is 23.1 Å². The number of halogens is 2. The molecule has 0 unspecified atom stereocenters. The van der Waals surface area contributed by atoms with Gasteiger partial charge in [-0.05, 0) is 87.4 Å². The Bertz CT molecular complexity index is 986. The zero-order chi connectivity index (χ0) is 21.5. The van der Waals surface area contributed by atoms with E-state index in [0.717, 1.165) is 25.1 Å². The number of likely N-dealkylation sites (tertiary alicyclic amines) is 1. The van der Waals surface area contributed by atoms with Crippen molar-refractivity contribution in [3.8, 4) is 11.5 Å². The van der Waals surface area contributed by atoms with E-state index in [-0.39, 0.29) is 18.3 Å². The first-order chi connectivity index (χ1) is 15.2. The minimum atomic E-state index is -0.196. The number of rotatable bonds is 8. The standard InChI is InChI=1S/C23H26ClN5O2.ClH/c24-19-9-5-17(6-10-19)21(30)26-20-11-7-18(8-12-20)22-27-28-23(31-22)25-13-4-16-29-14-2-1-3-15-29;/h5-12H,1-4,13-16H2,(H,25,28)(H,26,30);1H. The van der Waals surface area contributed by atoms with Crippen LogP contribution in [0.2, 0.25) is 5.02 Å². The van der Waals surface area contributed by atoms with Gasteiger partial charge in [0.25, 0.3) is 5.91 Å². The number of anilines is 2. The van der Waals surface area contributed by atoms with Gasteiger partial charge in [-0.2, -0.15) is 0 Å². The summed E-state index contributed by atoms with van der Waals surface area (Å²) in [7, 11) is 0. The van der Waals surface area contributed by atoms with Gasteiger partial charge in [0.15, 0.2) is 0 Å². The number of nitrogens with zero attached hydrogens (tertiary/aromatic N) is 3.